The summed E-state index contributed by atoms with van der Waals surface area (Å²) in [6.45, 7) is 4.03. The van der Waals surface area contributed by atoms with Crippen LogP contribution in [0.25, 0.3) is 0 Å². The lowest BCUT2D eigenvalue weighted by Gasteiger charge is -2.37. The first-order valence-corrected chi connectivity index (χ1v) is 9.16. The van der Waals surface area contributed by atoms with Gasteiger partial charge in [0, 0.05) is 13.1 Å². The lowest BCUT2D eigenvalue weighted by atomic mass is 10.3. The van der Waals surface area contributed by atoms with E-state index in [-0.39, 0.29) is 30.0 Å². The van der Waals surface area contributed by atoms with Gasteiger partial charge in [-0.15, -0.1) is 0 Å². The molecule has 1 aliphatic heterocycles. The summed E-state index contributed by atoms with van der Waals surface area (Å²) in [6.07, 6.45) is 1.45. The highest BCUT2D eigenvalue weighted by Gasteiger charge is 2.48. The number of rotatable bonds is 5. The van der Waals surface area contributed by atoms with E-state index in [4.69, 9.17) is 0 Å². The zero-order valence-corrected chi connectivity index (χ0v) is 11.8. The monoisotopic (exact) mass is 281 g/mol. The van der Waals surface area contributed by atoms with Crippen LogP contribution in [0.2, 0.25) is 0 Å². The molecule has 0 amide bonds. The van der Waals surface area contributed by atoms with Gasteiger partial charge in [-0.25, -0.2) is 16.8 Å². The Hall–Kier alpha value is -0.140. The normalized spacial score (nSPS) is 23.9. The summed E-state index contributed by atoms with van der Waals surface area (Å²) >= 11 is 0. The van der Waals surface area contributed by atoms with Crippen LogP contribution in [0.5, 0.6) is 0 Å². The molecule has 0 atom stereocenters. The molecule has 2 fully saturated rings. The average Bonchev–Trinajstić information content (AvgIpc) is 2.75. The van der Waals surface area contributed by atoms with Crippen LogP contribution >= 0.6 is 0 Å². The molecule has 0 unspecified atom stereocenters. The molecule has 1 saturated carbocycles. The van der Waals surface area contributed by atoms with E-state index in [0.29, 0.717) is 0 Å². The lowest BCUT2D eigenvalue weighted by molar-refractivity contribution is 0.308. The van der Waals surface area contributed by atoms with Gasteiger partial charge in [0.25, 0.3) is 0 Å². The van der Waals surface area contributed by atoms with Crippen molar-refractivity contribution < 1.29 is 16.8 Å². The molecule has 1 heterocycles. The largest absolute Gasteiger partial charge is 0.228 e. The van der Waals surface area contributed by atoms with E-state index in [1.807, 2.05) is 13.8 Å². The molecule has 0 aromatic carbocycles. The number of sulfonamides is 1. The SMILES string of the molecule is CC(C)CS(=O)(=O)C1CN(S(=O)(=O)C2CC2)C1. The summed E-state index contributed by atoms with van der Waals surface area (Å²) < 4.78 is 48.6. The topological polar surface area (TPSA) is 71.5 Å². The molecule has 7 heteroatoms. The van der Waals surface area contributed by atoms with E-state index in [9.17, 15) is 16.8 Å². The van der Waals surface area contributed by atoms with Crippen molar-refractivity contribution in [1.29, 1.82) is 0 Å². The van der Waals surface area contributed by atoms with Crippen molar-refractivity contribution in [2.45, 2.75) is 37.2 Å². The fourth-order valence-corrected chi connectivity index (χ4v) is 6.15. The maximum Gasteiger partial charge on any atom is 0.217 e. The molecule has 0 N–H and O–H groups in total. The summed E-state index contributed by atoms with van der Waals surface area (Å²) in [7, 11) is -6.31. The van der Waals surface area contributed by atoms with Crippen LogP contribution < -0.4 is 0 Å². The quantitative estimate of drug-likeness (QED) is 0.723. The lowest BCUT2D eigenvalue weighted by Crippen LogP contribution is -2.58. The predicted octanol–water partition coefficient (Wildman–Crippen LogP) is 0.234. The summed E-state index contributed by atoms with van der Waals surface area (Å²) in [5, 5.41) is -0.727. The number of nitrogens with zero attached hydrogens (tertiary/aromatic N) is 1. The third kappa shape index (κ3) is 2.66. The molecule has 1 saturated heterocycles. The van der Waals surface area contributed by atoms with Gasteiger partial charge in [-0.05, 0) is 18.8 Å². The van der Waals surface area contributed by atoms with Gasteiger partial charge in [0.05, 0.1) is 16.3 Å². The second kappa shape index (κ2) is 4.20. The van der Waals surface area contributed by atoms with Gasteiger partial charge in [-0.1, -0.05) is 13.8 Å². The van der Waals surface area contributed by atoms with Crippen LogP contribution in [0.1, 0.15) is 26.7 Å². The smallest absolute Gasteiger partial charge is 0.217 e. The number of sulfone groups is 1. The summed E-state index contributed by atoms with van der Waals surface area (Å²) in [4.78, 5) is 0. The summed E-state index contributed by atoms with van der Waals surface area (Å²) in [6, 6.07) is 0. The van der Waals surface area contributed by atoms with E-state index >= 15 is 0 Å². The van der Waals surface area contributed by atoms with E-state index < -0.39 is 25.1 Å². The molecular formula is C10H19NO4S2. The van der Waals surface area contributed by atoms with E-state index in [1.165, 1.54) is 4.31 Å². The van der Waals surface area contributed by atoms with Gasteiger partial charge >= 0.3 is 0 Å². The zero-order valence-electron chi connectivity index (χ0n) is 10.2. The minimum absolute atomic E-state index is 0.0917. The Labute approximate surface area is 103 Å². The first-order chi connectivity index (χ1) is 7.73. The van der Waals surface area contributed by atoms with Gasteiger partial charge in [-0.2, -0.15) is 4.31 Å². The number of hydrogen-bond donors (Lipinski definition) is 0. The molecule has 1 aliphatic carbocycles. The molecular weight excluding hydrogens is 262 g/mol. The molecule has 5 nitrogen and oxygen atoms in total. The van der Waals surface area contributed by atoms with Crippen LogP contribution in [0.15, 0.2) is 0 Å². The Morgan fingerprint density at radius 2 is 1.59 bits per heavy atom. The van der Waals surface area contributed by atoms with Gasteiger partial charge in [0.2, 0.25) is 10.0 Å². The molecule has 100 valence electrons. The fraction of sp³-hybridized carbons (Fsp3) is 1.00. The molecule has 2 rings (SSSR count). The minimum atomic E-state index is -3.18. The molecule has 0 aromatic rings. The maximum absolute atomic E-state index is 11.9. The minimum Gasteiger partial charge on any atom is -0.228 e. The van der Waals surface area contributed by atoms with Gasteiger partial charge in [0.1, 0.15) is 0 Å². The van der Waals surface area contributed by atoms with Crippen molar-refractivity contribution in [3.05, 3.63) is 0 Å². The second-order valence-electron chi connectivity index (χ2n) is 5.41. The Morgan fingerprint density at radius 1 is 1.06 bits per heavy atom. The maximum atomic E-state index is 11.9. The van der Waals surface area contributed by atoms with Crippen LogP contribution in [0, 0.1) is 5.92 Å². The first kappa shape index (κ1) is 13.3. The molecule has 0 spiro atoms. The summed E-state index contributed by atoms with van der Waals surface area (Å²) in [5.74, 6) is 0.240. The van der Waals surface area contributed by atoms with E-state index in [2.05, 4.69) is 0 Å². The van der Waals surface area contributed by atoms with Crippen LogP contribution in [0.3, 0.4) is 0 Å². The van der Waals surface area contributed by atoms with Crippen molar-refractivity contribution in [2.24, 2.45) is 5.92 Å². The summed E-state index contributed by atoms with van der Waals surface area (Å²) in [5.41, 5.74) is 0. The zero-order chi connectivity index (χ0) is 12.8. The van der Waals surface area contributed by atoms with Crippen molar-refractivity contribution in [3.63, 3.8) is 0 Å². The van der Waals surface area contributed by atoms with Crippen molar-refractivity contribution in [2.75, 3.05) is 18.8 Å². The Bertz CT molecular complexity index is 484. The third-order valence-corrected chi connectivity index (χ3v) is 7.97. The Balaban J connectivity index is 1.95. The Morgan fingerprint density at radius 3 is 2.00 bits per heavy atom. The van der Waals surface area contributed by atoms with Crippen LogP contribution in [-0.4, -0.2) is 50.5 Å². The molecule has 2 aliphatic rings. The van der Waals surface area contributed by atoms with Gasteiger partial charge < -0.3 is 0 Å². The average molecular weight is 281 g/mol. The molecule has 17 heavy (non-hydrogen) atoms. The molecule has 0 radical (unpaired) electrons. The van der Waals surface area contributed by atoms with Gasteiger partial charge in [-0.3, -0.25) is 0 Å². The molecule has 0 aromatic heterocycles. The fourth-order valence-electron chi connectivity index (χ4n) is 2.01. The predicted molar refractivity (Wildman–Crippen MR) is 65.9 cm³/mol. The highest BCUT2D eigenvalue weighted by atomic mass is 32.2. The second-order valence-corrected chi connectivity index (χ2v) is 9.95. The van der Waals surface area contributed by atoms with Crippen molar-refractivity contribution >= 4 is 19.9 Å². The standard InChI is InChI=1S/C10H19NO4S2/c1-8(2)7-16(12,13)10-5-11(6-10)17(14,15)9-3-4-9/h8-10H,3-7H2,1-2H3. The first-order valence-electron chi connectivity index (χ1n) is 5.94. The van der Waals surface area contributed by atoms with Crippen LogP contribution in [-0.2, 0) is 19.9 Å². The van der Waals surface area contributed by atoms with E-state index in [1.54, 1.807) is 0 Å². The molecule has 0 bridgehead atoms. The van der Waals surface area contributed by atoms with Crippen LogP contribution in [0.4, 0.5) is 0 Å². The van der Waals surface area contributed by atoms with Crippen molar-refractivity contribution in [1.82, 2.24) is 4.31 Å². The number of hydrogen-bond acceptors (Lipinski definition) is 4. The Kier molecular flexibility index (Phi) is 3.29. The van der Waals surface area contributed by atoms with Crippen molar-refractivity contribution in [3.8, 4) is 0 Å². The van der Waals surface area contributed by atoms with E-state index in [0.717, 1.165) is 12.8 Å². The third-order valence-electron chi connectivity index (χ3n) is 3.19. The highest BCUT2D eigenvalue weighted by Crippen LogP contribution is 2.34. The van der Waals surface area contributed by atoms with Gasteiger partial charge in [0.15, 0.2) is 9.84 Å². The highest BCUT2D eigenvalue weighted by molar-refractivity contribution is 7.93.